The van der Waals surface area contributed by atoms with Gasteiger partial charge in [-0.05, 0) is 37.6 Å². The Kier molecular flexibility index (Phi) is 6.95. The number of nitro groups is 1. The smallest absolute Gasteiger partial charge is 0.406 e. The van der Waals surface area contributed by atoms with Gasteiger partial charge in [-0.25, -0.2) is 4.98 Å². The minimum absolute atomic E-state index is 0.0140. The van der Waals surface area contributed by atoms with E-state index < -0.39 is 28.5 Å². The van der Waals surface area contributed by atoms with E-state index in [-0.39, 0.29) is 29.2 Å². The molecular weight excluding hydrogens is 446 g/mol. The third kappa shape index (κ3) is 6.51. The van der Waals surface area contributed by atoms with Gasteiger partial charge < -0.3 is 15.4 Å². The summed E-state index contributed by atoms with van der Waals surface area (Å²) < 4.78 is 55.4. The van der Waals surface area contributed by atoms with Crippen LogP contribution in [0, 0.1) is 15.9 Å². The number of halogens is 4. The molecular formula is C21H19F4N5O3. The molecule has 0 amide bonds. The minimum Gasteiger partial charge on any atom is -0.406 e. The molecule has 2 N–H and O–H groups in total. The number of ether oxygens (including phenoxy) is 1. The van der Waals surface area contributed by atoms with Gasteiger partial charge in [0.15, 0.2) is 0 Å². The summed E-state index contributed by atoms with van der Waals surface area (Å²) in [5.41, 5.74) is 0.0580. The molecule has 0 aliphatic carbocycles. The van der Waals surface area contributed by atoms with E-state index in [4.69, 9.17) is 0 Å². The zero-order chi connectivity index (χ0) is 24.2. The van der Waals surface area contributed by atoms with Crippen molar-refractivity contribution in [2.75, 3.05) is 10.6 Å². The van der Waals surface area contributed by atoms with Crippen molar-refractivity contribution in [3.8, 4) is 17.0 Å². The maximum Gasteiger partial charge on any atom is 0.573 e. The van der Waals surface area contributed by atoms with Crippen molar-refractivity contribution in [2.45, 2.75) is 32.7 Å². The van der Waals surface area contributed by atoms with E-state index in [1.54, 1.807) is 6.07 Å². The monoisotopic (exact) mass is 465 g/mol. The van der Waals surface area contributed by atoms with Gasteiger partial charge in [-0.2, -0.15) is 9.37 Å². The Morgan fingerprint density at radius 2 is 1.91 bits per heavy atom. The number of anilines is 3. The number of rotatable bonds is 8. The van der Waals surface area contributed by atoms with Crippen LogP contribution >= 0.6 is 0 Å². The van der Waals surface area contributed by atoms with Crippen LogP contribution < -0.4 is 15.4 Å². The third-order valence-corrected chi connectivity index (χ3v) is 4.49. The predicted octanol–water partition coefficient (Wildman–Crippen LogP) is 6.04. The summed E-state index contributed by atoms with van der Waals surface area (Å²) in [5, 5.41) is 16.9. The van der Waals surface area contributed by atoms with Gasteiger partial charge >= 0.3 is 12.0 Å². The molecule has 33 heavy (non-hydrogen) atoms. The van der Waals surface area contributed by atoms with Crippen LogP contribution in [0.1, 0.15) is 20.3 Å². The van der Waals surface area contributed by atoms with Crippen molar-refractivity contribution in [3.05, 3.63) is 64.5 Å². The summed E-state index contributed by atoms with van der Waals surface area (Å²) in [4.78, 5) is 18.8. The standard InChI is InChI=1S/C21H19F4N5O3/c1-3-12(2)26-20-28-17(13-5-4-6-15(9-13)33-21(23,24)25)11-19(29-20)27-14-7-8-16(22)18(10-14)30(31)32/h4-12H,3H2,1-2H3,(H2,26,27,28,29)/t12-/m1/s1. The van der Waals surface area contributed by atoms with Crippen LogP contribution in [0.2, 0.25) is 0 Å². The van der Waals surface area contributed by atoms with Crippen LogP contribution in [0.3, 0.4) is 0 Å². The Labute approximate surface area is 185 Å². The van der Waals surface area contributed by atoms with Crippen LogP contribution in [0.4, 0.5) is 40.7 Å². The van der Waals surface area contributed by atoms with Crippen LogP contribution in [-0.4, -0.2) is 27.3 Å². The molecule has 1 atom stereocenters. The molecule has 1 heterocycles. The van der Waals surface area contributed by atoms with E-state index >= 15 is 0 Å². The van der Waals surface area contributed by atoms with Gasteiger partial charge in [-0.1, -0.05) is 19.1 Å². The molecule has 0 aliphatic heterocycles. The highest BCUT2D eigenvalue weighted by molar-refractivity contribution is 5.69. The second kappa shape index (κ2) is 9.67. The van der Waals surface area contributed by atoms with Gasteiger partial charge in [0, 0.05) is 29.4 Å². The van der Waals surface area contributed by atoms with Crippen molar-refractivity contribution in [2.24, 2.45) is 0 Å². The number of alkyl halides is 3. The summed E-state index contributed by atoms with van der Waals surface area (Å²) in [6, 6.07) is 9.95. The molecule has 0 fully saturated rings. The number of hydrogen-bond donors (Lipinski definition) is 2. The van der Waals surface area contributed by atoms with Crippen LogP contribution in [-0.2, 0) is 0 Å². The van der Waals surface area contributed by atoms with E-state index in [0.717, 1.165) is 24.6 Å². The molecule has 3 rings (SSSR count). The number of aromatic nitrogens is 2. The van der Waals surface area contributed by atoms with Gasteiger partial charge in [0.1, 0.15) is 11.6 Å². The van der Waals surface area contributed by atoms with Crippen molar-refractivity contribution < 1.29 is 27.2 Å². The lowest BCUT2D eigenvalue weighted by Gasteiger charge is -2.15. The summed E-state index contributed by atoms with van der Waals surface area (Å²) >= 11 is 0. The van der Waals surface area contributed by atoms with Gasteiger partial charge in [-0.15, -0.1) is 13.2 Å². The maximum absolute atomic E-state index is 13.6. The molecule has 0 saturated heterocycles. The Balaban J connectivity index is 2.01. The molecule has 1 aromatic heterocycles. The fourth-order valence-electron chi connectivity index (χ4n) is 2.78. The van der Waals surface area contributed by atoms with Gasteiger partial charge in [0.25, 0.3) is 0 Å². The topological polar surface area (TPSA) is 102 Å². The highest BCUT2D eigenvalue weighted by atomic mass is 19.4. The second-order valence-electron chi connectivity index (χ2n) is 7.04. The first-order valence-electron chi connectivity index (χ1n) is 9.77. The Morgan fingerprint density at radius 3 is 2.58 bits per heavy atom. The van der Waals surface area contributed by atoms with E-state index in [2.05, 4.69) is 25.3 Å². The summed E-state index contributed by atoms with van der Waals surface area (Å²) in [5.74, 6) is -1.04. The molecule has 0 aliphatic rings. The molecule has 0 bridgehead atoms. The largest absolute Gasteiger partial charge is 0.573 e. The zero-order valence-corrected chi connectivity index (χ0v) is 17.5. The van der Waals surface area contributed by atoms with Gasteiger partial charge in [-0.3, -0.25) is 10.1 Å². The SMILES string of the molecule is CC[C@@H](C)Nc1nc(Nc2ccc(F)c([N+](=O)[O-])c2)cc(-c2cccc(OC(F)(F)F)c2)n1. The number of nitrogens with zero attached hydrogens (tertiary/aromatic N) is 3. The molecule has 12 heteroatoms. The predicted molar refractivity (Wildman–Crippen MR) is 114 cm³/mol. The Bertz CT molecular complexity index is 1160. The van der Waals surface area contributed by atoms with Crippen molar-refractivity contribution in [1.29, 1.82) is 0 Å². The van der Waals surface area contributed by atoms with Gasteiger partial charge in [0.05, 0.1) is 10.6 Å². The number of hydrogen-bond acceptors (Lipinski definition) is 7. The van der Waals surface area contributed by atoms with Crippen LogP contribution in [0.25, 0.3) is 11.3 Å². The molecule has 8 nitrogen and oxygen atoms in total. The molecule has 0 radical (unpaired) electrons. The Morgan fingerprint density at radius 1 is 1.15 bits per heavy atom. The van der Waals surface area contributed by atoms with Crippen LogP contribution in [0.5, 0.6) is 5.75 Å². The van der Waals surface area contributed by atoms with Gasteiger partial charge in [0.2, 0.25) is 11.8 Å². The van der Waals surface area contributed by atoms with Crippen LogP contribution in [0.15, 0.2) is 48.5 Å². The lowest BCUT2D eigenvalue weighted by molar-refractivity contribution is -0.387. The van der Waals surface area contributed by atoms with E-state index in [1.165, 1.54) is 24.3 Å². The minimum atomic E-state index is -4.85. The van der Waals surface area contributed by atoms with Crippen molar-refractivity contribution in [3.63, 3.8) is 0 Å². The summed E-state index contributed by atoms with van der Waals surface area (Å²) in [7, 11) is 0. The van der Waals surface area contributed by atoms with Crippen molar-refractivity contribution >= 4 is 23.1 Å². The Hall–Kier alpha value is -3.96. The second-order valence-corrected chi connectivity index (χ2v) is 7.04. The molecule has 2 aromatic carbocycles. The molecule has 0 unspecified atom stereocenters. The first-order valence-corrected chi connectivity index (χ1v) is 9.77. The number of benzene rings is 2. The highest BCUT2D eigenvalue weighted by Gasteiger charge is 2.31. The molecule has 174 valence electrons. The molecule has 0 saturated carbocycles. The fraction of sp³-hybridized carbons (Fsp3) is 0.238. The average molecular weight is 465 g/mol. The lowest BCUT2D eigenvalue weighted by Crippen LogP contribution is -2.17. The first-order chi connectivity index (χ1) is 15.5. The first kappa shape index (κ1) is 23.7. The lowest BCUT2D eigenvalue weighted by atomic mass is 10.1. The quantitative estimate of drug-likeness (QED) is 0.237. The number of nitrogens with one attached hydrogen (secondary N) is 2. The summed E-state index contributed by atoms with van der Waals surface area (Å²) in [6.07, 6.45) is -4.10. The fourth-order valence-corrected chi connectivity index (χ4v) is 2.78. The van der Waals surface area contributed by atoms with E-state index in [9.17, 15) is 27.7 Å². The third-order valence-electron chi connectivity index (χ3n) is 4.49. The molecule has 3 aromatic rings. The highest BCUT2D eigenvalue weighted by Crippen LogP contribution is 2.30. The van der Waals surface area contributed by atoms with E-state index in [1.807, 2.05) is 13.8 Å². The zero-order valence-electron chi connectivity index (χ0n) is 17.5. The summed E-state index contributed by atoms with van der Waals surface area (Å²) in [6.45, 7) is 3.83. The molecule has 0 spiro atoms. The van der Waals surface area contributed by atoms with E-state index in [0.29, 0.717) is 5.56 Å². The van der Waals surface area contributed by atoms with Crippen molar-refractivity contribution in [1.82, 2.24) is 9.97 Å². The maximum atomic E-state index is 13.6. The normalized spacial score (nSPS) is 12.2. The number of nitro benzene ring substituents is 1. The average Bonchev–Trinajstić information content (AvgIpc) is 2.73.